The van der Waals surface area contributed by atoms with E-state index in [-0.39, 0.29) is 30.7 Å². The number of H-pyrrole nitrogens is 1. The quantitative estimate of drug-likeness (QED) is 0.191. The lowest BCUT2D eigenvalue weighted by Gasteiger charge is -2.14. The predicted molar refractivity (Wildman–Crippen MR) is 128 cm³/mol. The number of aromatic amines is 1. The number of nitrogens with zero attached hydrogens (tertiary/aromatic N) is 1. The Balaban J connectivity index is 1.69. The van der Waals surface area contributed by atoms with Gasteiger partial charge in [0, 0.05) is 41.3 Å². The zero-order valence-corrected chi connectivity index (χ0v) is 17.7. The van der Waals surface area contributed by atoms with Crippen molar-refractivity contribution in [3.05, 3.63) is 65.7 Å². The van der Waals surface area contributed by atoms with Crippen molar-refractivity contribution in [3.8, 4) is 5.75 Å². The number of aromatic nitrogens is 1. The molecule has 0 atom stereocenters. The van der Waals surface area contributed by atoms with Crippen LogP contribution in [-0.4, -0.2) is 58.2 Å². The second kappa shape index (κ2) is 7.30. The van der Waals surface area contributed by atoms with Gasteiger partial charge in [-0.3, -0.25) is 14.5 Å². The number of hydrogen-bond acceptors (Lipinski definition) is 5. The van der Waals surface area contributed by atoms with E-state index in [0.717, 1.165) is 32.6 Å². The fourth-order valence-corrected chi connectivity index (χ4v) is 4.95. The lowest BCUT2D eigenvalue weighted by atomic mass is 9.93. The Morgan fingerprint density at radius 1 is 0.848 bits per heavy atom. The first kappa shape index (κ1) is 19.7. The van der Waals surface area contributed by atoms with Crippen LogP contribution in [0.3, 0.4) is 0 Å². The number of aliphatic hydroxyl groups excluding tert-OH is 1. The van der Waals surface area contributed by atoms with Gasteiger partial charge < -0.3 is 20.5 Å². The van der Waals surface area contributed by atoms with Gasteiger partial charge in [-0.1, -0.05) is 24.3 Å². The number of nitrogens with one attached hydrogen (secondary N) is 2. The van der Waals surface area contributed by atoms with Crippen molar-refractivity contribution in [1.29, 1.82) is 0 Å². The van der Waals surface area contributed by atoms with E-state index in [1.807, 2.05) is 36.4 Å². The second-order valence-electron chi connectivity index (χ2n) is 8.34. The van der Waals surface area contributed by atoms with E-state index in [9.17, 15) is 14.7 Å². The number of carbonyl (C=O) groups excluding carboxylic acids is 2. The molecule has 0 saturated heterocycles. The highest BCUT2D eigenvalue weighted by molar-refractivity contribution is 6.37. The molecular formula is C26H21N3O4. The monoisotopic (exact) mass is 439 g/mol. The lowest BCUT2D eigenvalue weighted by molar-refractivity contribution is 0.0656. The number of fused-ring (bicyclic) bond motifs is 9. The van der Waals surface area contributed by atoms with Crippen LogP contribution in [0.5, 0.6) is 5.75 Å². The molecule has 7 heteroatoms. The van der Waals surface area contributed by atoms with Crippen LogP contribution >= 0.6 is 0 Å². The highest BCUT2D eigenvalue weighted by Crippen LogP contribution is 2.43. The molecular weight excluding hydrogens is 418 g/mol. The number of rotatable bonds is 5. The van der Waals surface area contributed by atoms with Crippen LogP contribution in [0.25, 0.3) is 43.4 Å². The molecule has 0 aliphatic carbocycles. The molecule has 33 heavy (non-hydrogen) atoms. The molecule has 0 bridgehead atoms. The topological polar surface area (TPSA) is 106 Å². The third-order valence-corrected chi connectivity index (χ3v) is 6.43. The third kappa shape index (κ3) is 2.83. The second-order valence-corrected chi connectivity index (χ2v) is 8.34. The van der Waals surface area contributed by atoms with E-state index in [1.54, 1.807) is 18.2 Å². The van der Waals surface area contributed by atoms with Gasteiger partial charge in [-0.05, 0) is 46.5 Å². The van der Waals surface area contributed by atoms with Crippen LogP contribution in [0.2, 0.25) is 0 Å². The van der Waals surface area contributed by atoms with Gasteiger partial charge in [0.15, 0.2) is 0 Å². The zero-order chi connectivity index (χ0) is 22.7. The van der Waals surface area contributed by atoms with Crippen LogP contribution in [0.4, 0.5) is 0 Å². The Labute approximate surface area is 188 Å². The summed E-state index contributed by atoms with van der Waals surface area (Å²) in [7, 11) is 0. The Bertz CT molecular complexity index is 1620. The number of hydrogen-bond donors (Lipinski definition) is 4. The molecule has 6 rings (SSSR count). The van der Waals surface area contributed by atoms with Crippen LogP contribution in [0.15, 0.2) is 54.6 Å². The smallest absolute Gasteiger partial charge is 0.262 e. The summed E-state index contributed by atoms with van der Waals surface area (Å²) < 4.78 is 0. The number of imide groups is 1. The number of benzene rings is 4. The van der Waals surface area contributed by atoms with Crippen molar-refractivity contribution < 1.29 is 19.8 Å². The largest absolute Gasteiger partial charge is 0.508 e. The van der Waals surface area contributed by atoms with Gasteiger partial charge in [0.25, 0.3) is 11.8 Å². The van der Waals surface area contributed by atoms with Crippen molar-refractivity contribution >= 4 is 55.2 Å². The molecule has 1 aromatic heterocycles. The normalized spacial score (nSPS) is 13.8. The zero-order valence-electron chi connectivity index (χ0n) is 17.7. The first-order chi connectivity index (χ1) is 16.1. The van der Waals surface area contributed by atoms with Crippen molar-refractivity contribution in [2.45, 2.75) is 0 Å². The van der Waals surface area contributed by atoms with E-state index < -0.39 is 0 Å². The molecule has 2 amide bonds. The maximum Gasteiger partial charge on any atom is 0.262 e. The summed E-state index contributed by atoms with van der Waals surface area (Å²) in [6.45, 7) is 0.977. The number of aliphatic hydroxyl groups is 1. The van der Waals surface area contributed by atoms with Crippen LogP contribution < -0.4 is 5.32 Å². The Hall–Kier alpha value is -3.94. The van der Waals surface area contributed by atoms with Crippen molar-refractivity contribution in [2.24, 2.45) is 0 Å². The van der Waals surface area contributed by atoms with Gasteiger partial charge in [0.05, 0.1) is 23.3 Å². The molecule has 0 unspecified atom stereocenters. The molecule has 0 spiro atoms. The van der Waals surface area contributed by atoms with Crippen molar-refractivity contribution in [1.82, 2.24) is 15.2 Å². The summed E-state index contributed by atoms with van der Waals surface area (Å²) in [6.07, 6.45) is 0. The average molecular weight is 439 g/mol. The van der Waals surface area contributed by atoms with E-state index in [4.69, 9.17) is 5.11 Å². The number of phenols is 1. The van der Waals surface area contributed by atoms with E-state index in [1.165, 1.54) is 4.90 Å². The highest BCUT2D eigenvalue weighted by Gasteiger charge is 2.39. The molecule has 4 aromatic carbocycles. The van der Waals surface area contributed by atoms with Gasteiger partial charge >= 0.3 is 0 Å². The Morgan fingerprint density at radius 3 is 2.33 bits per heavy atom. The molecule has 0 saturated carbocycles. The molecule has 1 aliphatic heterocycles. The summed E-state index contributed by atoms with van der Waals surface area (Å²) in [5.41, 5.74) is 2.34. The molecule has 4 N–H and O–H groups in total. The number of amides is 2. The first-order valence-corrected chi connectivity index (χ1v) is 10.9. The predicted octanol–water partition coefficient (Wildman–Crippen LogP) is 3.51. The molecule has 1 aliphatic rings. The van der Waals surface area contributed by atoms with E-state index in [2.05, 4.69) is 10.3 Å². The van der Waals surface area contributed by atoms with Crippen LogP contribution in [0.1, 0.15) is 20.7 Å². The van der Waals surface area contributed by atoms with Crippen LogP contribution in [0, 0.1) is 0 Å². The Kier molecular flexibility index (Phi) is 4.36. The van der Waals surface area contributed by atoms with Gasteiger partial charge in [-0.15, -0.1) is 0 Å². The molecule has 0 fully saturated rings. The van der Waals surface area contributed by atoms with E-state index >= 15 is 0 Å². The minimum Gasteiger partial charge on any atom is -0.508 e. The minimum atomic E-state index is -0.343. The fourth-order valence-electron chi connectivity index (χ4n) is 4.95. The minimum absolute atomic E-state index is 0.0146. The summed E-state index contributed by atoms with van der Waals surface area (Å²) in [4.78, 5) is 31.8. The number of carbonyl (C=O) groups is 2. The summed E-state index contributed by atoms with van der Waals surface area (Å²) in [5.74, 6) is -0.569. The molecule has 5 aromatic rings. The van der Waals surface area contributed by atoms with Crippen LogP contribution in [-0.2, 0) is 0 Å². The Morgan fingerprint density at radius 2 is 1.58 bits per heavy atom. The maximum absolute atomic E-state index is 13.6. The summed E-state index contributed by atoms with van der Waals surface area (Å²) in [6, 6.07) is 17.0. The summed E-state index contributed by atoms with van der Waals surface area (Å²) in [5, 5.41) is 27.1. The van der Waals surface area contributed by atoms with E-state index in [0.29, 0.717) is 35.0 Å². The molecule has 2 heterocycles. The lowest BCUT2D eigenvalue weighted by Crippen LogP contribution is -2.36. The summed E-state index contributed by atoms with van der Waals surface area (Å²) >= 11 is 0. The first-order valence-electron chi connectivity index (χ1n) is 10.9. The highest BCUT2D eigenvalue weighted by atomic mass is 16.3. The molecule has 164 valence electrons. The molecule has 0 radical (unpaired) electrons. The number of phenolic OH excluding ortho intramolecular Hbond substituents is 1. The number of aromatic hydroxyl groups is 1. The standard InChI is InChI=1S/C26H21N3O4/c30-10-8-27-7-9-29-25(32)22-17-11-14-3-1-2-4-15(14)12-18(17)24-21(23(22)26(29)33)19-13-16(31)5-6-20(19)28-24/h1-6,11-13,27-28,30-31H,7-10H2. The maximum atomic E-state index is 13.6. The third-order valence-electron chi connectivity index (χ3n) is 6.43. The molecule has 7 nitrogen and oxygen atoms in total. The van der Waals surface area contributed by atoms with Gasteiger partial charge in [0.1, 0.15) is 5.75 Å². The van der Waals surface area contributed by atoms with Gasteiger partial charge in [-0.25, -0.2) is 0 Å². The average Bonchev–Trinajstić information content (AvgIpc) is 3.31. The SMILES string of the molecule is O=C1c2c(c3c4cc(O)ccc4[nH]c3c3cc4ccccc4cc23)C(=O)N1CCNCCO. The fraction of sp³-hybridized carbons (Fsp3) is 0.154. The van der Waals surface area contributed by atoms with Crippen molar-refractivity contribution in [3.63, 3.8) is 0 Å². The van der Waals surface area contributed by atoms with Crippen molar-refractivity contribution in [2.75, 3.05) is 26.2 Å². The van der Waals surface area contributed by atoms with Gasteiger partial charge in [0.2, 0.25) is 0 Å². The van der Waals surface area contributed by atoms with Gasteiger partial charge in [-0.2, -0.15) is 0 Å².